The van der Waals surface area contributed by atoms with Gasteiger partial charge in [0.15, 0.2) is 35.1 Å². The third kappa shape index (κ3) is 5.44. The summed E-state index contributed by atoms with van der Waals surface area (Å²) < 4.78 is 20.2. The number of ketones is 1. The standard InChI is InChI=1S/C31H30ClN5O4/c1-4-5-16-22(38)24-25-26(41-31(2,3)40-25)29(39-24)37-18-34-23-27(35-30(32)36-28(23)37)33-17-21(19-12-8-6-9-13-19)20-14-10-7-11-15-20/h6-15,18,21,24-26,29H,4,17H2,1-3H3,(H,33,35,36)/t24-,25-,26-,29-/m1/s1. The molecule has 6 rings (SSSR count). The molecule has 2 fully saturated rings. The zero-order chi connectivity index (χ0) is 28.6. The molecular formula is C31H30ClN5O4. The molecule has 2 aromatic heterocycles. The molecule has 10 heteroatoms. The summed E-state index contributed by atoms with van der Waals surface area (Å²) in [4.78, 5) is 26.5. The summed E-state index contributed by atoms with van der Waals surface area (Å²) in [5.41, 5.74) is 3.31. The van der Waals surface area contributed by atoms with Crippen LogP contribution in [0.15, 0.2) is 67.0 Å². The highest BCUT2D eigenvalue weighted by Gasteiger charge is 2.58. The molecule has 210 valence electrons. The predicted octanol–water partition coefficient (Wildman–Crippen LogP) is 5.12. The van der Waals surface area contributed by atoms with E-state index < -0.39 is 30.3 Å². The third-order valence-corrected chi connectivity index (χ3v) is 7.39. The summed E-state index contributed by atoms with van der Waals surface area (Å²) in [5.74, 6) is 4.79. The van der Waals surface area contributed by atoms with Crippen LogP contribution < -0.4 is 5.32 Å². The van der Waals surface area contributed by atoms with Gasteiger partial charge < -0.3 is 19.5 Å². The monoisotopic (exact) mass is 571 g/mol. The predicted molar refractivity (Wildman–Crippen MR) is 154 cm³/mol. The largest absolute Gasteiger partial charge is 0.367 e. The van der Waals surface area contributed by atoms with Crippen LogP contribution in [0.4, 0.5) is 5.82 Å². The maximum absolute atomic E-state index is 12.9. The minimum atomic E-state index is -0.907. The number of carbonyl (C=O) groups excluding carboxylic acids is 1. The van der Waals surface area contributed by atoms with E-state index in [2.05, 4.69) is 56.4 Å². The lowest BCUT2D eigenvalue weighted by Gasteiger charge is -2.24. The van der Waals surface area contributed by atoms with E-state index in [1.807, 2.05) is 57.2 Å². The molecule has 9 nitrogen and oxygen atoms in total. The molecule has 2 saturated heterocycles. The van der Waals surface area contributed by atoms with Crippen molar-refractivity contribution in [1.82, 2.24) is 19.5 Å². The second-order valence-electron chi connectivity index (χ2n) is 10.5. The fourth-order valence-corrected chi connectivity index (χ4v) is 5.62. The lowest BCUT2D eigenvalue weighted by atomic mass is 9.91. The molecule has 2 aliphatic heterocycles. The van der Waals surface area contributed by atoms with Crippen molar-refractivity contribution in [2.24, 2.45) is 0 Å². The molecule has 0 aliphatic carbocycles. The second-order valence-corrected chi connectivity index (χ2v) is 10.8. The second kappa shape index (κ2) is 11.2. The Morgan fingerprint density at radius 1 is 1.05 bits per heavy atom. The number of carbonyl (C=O) groups is 1. The van der Waals surface area contributed by atoms with Crippen LogP contribution in [-0.2, 0) is 19.0 Å². The molecule has 0 amide bonds. The molecule has 4 atom stereocenters. The number of nitrogens with zero attached hydrogens (tertiary/aromatic N) is 4. The minimum absolute atomic E-state index is 0.0534. The summed E-state index contributed by atoms with van der Waals surface area (Å²) in [5, 5.41) is 3.51. The summed E-state index contributed by atoms with van der Waals surface area (Å²) in [7, 11) is 0. The number of imidazole rings is 1. The lowest BCUT2D eigenvalue weighted by molar-refractivity contribution is -0.195. The number of hydrogen-bond acceptors (Lipinski definition) is 8. The molecule has 4 heterocycles. The van der Waals surface area contributed by atoms with Gasteiger partial charge in [0.1, 0.15) is 12.2 Å². The molecule has 2 aromatic carbocycles. The molecule has 1 N–H and O–H groups in total. The van der Waals surface area contributed by atoms with Crippen molar-refractivity contribution in [2.45, 2.75) is 63.4 Å². The van der Waals surface area contributed by atoms with E-state index in [0.717, 1.165) is 0 Å². The van der Waals surface area contributed by atoms with Crippen molar-refractivity contribution in [3.63, 3.8) is 0 Å². The Kier molecular flexibility index (Phi) is 7.49. The molecule has 0 bridgehead atoms. The smallest absolute Gasteiger partial charge is 0.237 e. The third-order valence-electron chi connectivity index (χ3n) is 7.22. The van der Waals surface area contributed by atoms with Crippen LogP contribution in [0.3, 0.4) is 0 Å². The van der Waals surface area contributed by atoms with Crippen molar-refractivity contribution in [3.8, 4) is 11.8 Å². The van der Waals surface area contributed by atoms with Gasteiger partial charge in [-0.1, -0.05) is 73.5 Å². The zero-order valence-corrected chi connectivity index (χ0v) is 23.7. The first-order chi connectivity index (χ1) is 19.8. The molecule has 2 aliphatic rings. The van der Waals surface area contributed by atoms with Gasteiger partial charge in [-0.05, 0) is 42.5 Å². The van der Waals surface area contributed by atoms with Gasteiger partial charge in [-0.2, -0.15) is 9.97 Å². The molecule has 0 unspecified atom stereocenters. The van der Waals surface area contributed by atoms with Crippen LogP contribution in [0.1, 0.15) is 50.5 Å². The Hall–Kier alpha value is -3.81. The summed E-state index contributed by atoms with van der Waals surface area (Å²) in [6.07, 6.45) is -0.678. The van der Waals surface area contributed by atoms with E-state index in [4.69, 9.17) is 25.8 Å². The quantitative estimate of drug-likeness (QED) is 0.185. The number of aromatic nitrogens is 4. The number of fused-ring (bicyclic) bond motifs is 2. The van der Waals surface area contributed by atoms with E-state index in [-0.39, 0.29) is 17.0 Å². The van der Waals surface area contributed by atoms with Crippen molar-refractivity contribution < 1.29 is 19.0 Å². The number of benzene rings is 2. The Morgan fingerprint density at radius 2 is 1.71 bits per heavy atom. The molecular weight excluding hydrogens is 542 g/mol. The fourth-order valence-electron chi connectivity index (χ4n) is 5.46. The van der Waals surface area contributed by atoms with E-state index >= 15 is 0 Å². The Bertz CT molecular complexity index is 1580. The van der Waals surface area contributed by atoms with Gasteiger partial charge in [0.25, 0.3) is 0 Å². The van der Waals surface area contributed by atoms with Gasteiger partial charge >= 0.3 is 0 Å². The minimum Gasteiger partial charge on any atom is -0.367 e. The number of halogens is 1. The summed E-state index contributed by atoms with van der Waals surface area (Å²) in [6.45, 7) is 6.05. The van der Waals surface area contributed by atoms with Crippen LogP contribution in [0.5, 0.6) is 0 Å². The van der Waals surface area contributed by atoms with Gasteiger partial charge in [0, 0.05) is 18.9 Å². The number of ether oxygens (including phenoxy) is 3. The fraction of sp³-hybridized carbons (Fsp3) is 0.355. The number of rotatable bonds is 7. The number of anilines is 1. The van der Waals surface area contributed by atoms with Gasteiger partial charge in [-0.15, -0.1) is 0 Å². The number of hydrogen-bond donors (Lipinski definition) is 1. The first-order valence-electron chi connectivity index (χ1n) is 13.6. The average Bonchev–Trinajstić information content (AvgIpc) is 3.63. The zero-order valence-electron chi connectivity index (χ0n) is 23.0. The van der Waals surface area contributed by atoms with E-state index in [9.17, 15) is 4.79 Å². The Labute approximate surface area is 243 Å². The molecule has 0 radical (unpaired) electrons. The van der Waals surface area contributed by atoms with Crippen LogP contribution in [0.2, 0.25) is 5.28 Å². The summed E-state index contributed by atoms with van der Waals surface area (Å²) >= 11 is 6.43. The van der Waals surface area contributed by atoms with Crippen LogP contribution in [0, 0.1) is 11.8 Å². The first kappa shape index (κ1) is 27.4. The normalized spacial score (nSPS) is 22.9. The maximum Gasteiger partial charge on any atom is 0.237 e. The van der Waals surface area contributed by atoms with Gasteiger partial charge in [0.05, 0.1) is 6.33 Å². The van der Waals surface area contributed by atoms with Crippen molar-refractivity contribution in [3.05, 3.63) is 83.4 Å². The highest BCUT2D eigenvalue weighted by Crippen LogP contribution is 2.44. The lowest BCUT2D eigenvalue weighted by Crippen LogP contribution is -2.35. The molecule has 4 aromatic rings. The number of Topliss-reactive ketones (excluding diaryl/α,β-unsaturated/α-hetero) is 1. The topological polar surface area (TPSA) is 100 Å². The molecule has 41 heavy (non-hydrogen) atoms. The first-order valence-corrected chi connectivity index (χ1v) is 14.0. The Balaban J connectivity index is 1.32. The van der Waals surface area contributed by atoms with Crippen LogP contribution in [-0.4, -0.2) is 55.9 Å². The maximum atomic E-state index is 12.9. The summed E-state index contributed by atoms with van der Waals surface area (Å²) in [6, 6.07) is 20.6. The average molecular weight is 572 g/mol. The molecule has 0 saturated carbocycles. The van der Waals surface area contributed by atoms with E-state index in [0.29, 0.717) is 29.9 Å². The van der Waals surface area contributed by atoms with Gasteiger partial charge in [-0.25, -0.2) is 4.98 Å². The van der Waals surface area contributed by atoms with Gasteiger partial charge in [-0.3, -0.25) is 9.36 Å². The Morgan fingerprint density at radius 3 is 2.37 bits per heavy atom. The van der Waals surface area contributed by atoms with Crippen molar-refractivity contribution in [2.75, 3.05) is 11.9 Å². The SMILES string of the molecule is CCC#CC(=O)[C@H]1O[C@@H](n2cnc3c(NCC(c4ccccc4)c4ccccc4)nc(Cl)nc32)[C@@H]2OC(C)(C)O[C@@H]21. The highest BCUT2D eigenvalue weighted by atomic mass is 35.5. The van der Waals surface area contributed by atoms with Crippen LogP contribution >= 0.6 is 11.6 Å². The van der Waals surface area contributed by atoms with E-state index in [1.165, 1.54) is 11.1 Å². The molecule has 0 spiro atoms. The van der Waals surface area contributed by atoms with Crippen molar-refractivity contribution >= 4 is 34.4 Å². The van der Waals surface area contributed by atoms with Crippen LogP contribution in [0.25, 0.3) is 11.2 Å². The number of nitrogens with one attached hydrogen (secondary N) is 1. The highest BCUT2D eigenvalue weighted by molar-refractivity contribution is 6.28. The van der Waals surface area contributed by atoms with Crippen molar-refractivity contribution in [1.29, 1.82) is 0 Å². The van der Waals surface area contributed by atoms with Gasteiger partial charge in [0.2, 0.25) is 11.1 Å². The van der Waals surface area contributed by atoms with E-state index in [1.54, 1.807) is 10.9 Å².